The third-order valence-electron chi connectivity index (χ3n) is 2.92. The first-order valence-corrected chi connectivity index (χ1v) is 7.97. The summed E-state index contributed by atoms with van der Waals surface area (Å²) in [6.45, 7) is 2.80. The minimum absolute atomic E-state index is 0.0171. The molecule has 18 heavy (non-hydrogen) atoms. The van der Waals surface area contributed by atoms with Crippen LogP contribution in [0.25, 0.3) is 0 Å². The van der Waals surface area contributed by atoms with Crippen molar-refractivity contribution in [2.45, 2.75) is 6.42 Å². The zero-order valence-electron chi connectivity index (χ0n) is 10.5. The van der Waals surface area contributed by atoms with Crippen LogP contribution >= 0.6 is 11.6 Å². The van der Waals surface area contributed by atoms with Gasteiger partial charge in [-0.3, -0.25) is 4.79 Å². The first-order valence-electron chi connectivity index (χ1n) is 5.82. The van der Waals surface area contributed by atoms with Gasteiger partial charge < -0.3 is 9.64 Å². The summed E-state index contributed by atoms with van der Waals surface area (Å²) in [5.74, 6) is -0.145. The number of ether oxygens (including phenoxy) is 1. The molecule has 106 valence electrons. The molecule has 0 aliphatic carbocycles. The zero-order chi connectivity index (χ0) is 13.6. The van der Waals surface area contributed by atoms with Gasteiger partial charge in [0.05, 0.1) is 19.3 Å². The molecule has 1 rings (SSSR count). The molecular weight excluding hydrogens is 280 g/mol. The highest BCUT2D eigenvalue weighted by molar-refractivity contribution is 7.89. The predicted molar refractivity (Wildman–Crippen MR) is 69.2 cm³/mol. The van der Waals surface area contributed by atoms with E-state index >= 15 is 0 Å². The van der Waals surface area contributed by atoms with Crippen LogP contribution in [0.2, 0.25) is 0 Å². The molecule has 0 atom stereocenters. The Morgan fingerprint density at radius 3 is 2.39 bits per heavy atom. The number of methoxy groups -OCH3 is 1. The number of rotatable bonds is 6. The van der Waals surface area contributed by atoms with Crippen LogP contribution in [0.1, 0.15) is 6.42 Å². The largest absolute Gasteiger partial charge is 0.469 e. The van der Waals surface area contributed by atoms with Crippen LogP contribution < -0.4 is 0 Å². The fourth-order valence-electron chi connectivity index (χ4n) is 1.81. The molecule has 1 aliphatic heterocycles. The number of nitrogens with zero attached hydrogens (tertiary/aromatic N) is 2. The van der Waals surface area contributed by atoms with E-state index in [1.54, 1.807) is 0 Å². The highest BCUT2D eigenvalue weighted by atomic mass is 35.5. The van der Waals surface area contributed by atoms with Crippen molar-refractivity contribution >= 4 is 27.6 Å². The molecule has 0 aromatic heterocycles. The van der Waals surface area contributed by atoms with Gasteiger partial charge in [-0.15, -0.1) is 11.6 Å². The number of carbonyl (C=O) groups excluding carboxylic acids is 1. The maximum absolute atomic E-state index is 11.8. The smallest absolute Gasteiger partial charge is 0.306 e. The fraction of sp³-hybridized carbons (Fsp3) is 0.900. The third kappa shape index (κ3) is 4.72. The van der Waals surface area contributed by atoms with Gasteiger partial charge in [0.25, 0.3) is 0 Å². The van der Waals surface area contributed by atoms with E-state index in [4.69, 9.17) is 11.6 Å². The van der Waals surface area contributed by atoms with Gasteiger partial charge >= 0.3 is 5.97 Å². The Balaban J connectivity index is 2.35. The van der Waals surface area contributed by atoms with E-state index in [1.807, 2.05) is 0 Å². The van der Waals surface area contributed by atoms with E-state index in [9.17, 15) is 13.2 Å². The molecule has 1 saturated heterocycles. The molecule has 0 radical (unpaired) electrons. The Labute approximate surface area is 113 Å². The molecule has 1 fully saturated rings. The van der Waals surface area contributed by atoms with E-state index in [0.29, 0.717) is 39.1 Å². The Bertz CT molecular complexity index is 366. The van der Waals surface area contributed by atoms with Gasteiger partial charge in [0.1, 0.15) is 0 Å². The molecule has 1 heterocycles. The molecule has 0 saturated carbocycles. The SMILES string of the molecule is COC(=O)CCN1CCN(S(=O)(=O)CCCl)CC1. The van der Waals surface area contributed by atoms with E-state index in [-0.39, 0.29) is 17.6 Å². The number of halogens is 1. The van der Waals surface area contributed by atoms with Crippen molar-refractivity contribution in [3.05, 3.63) is 0 Å². The first kappa shape index (κ1) is 15.7. The van der Waals surface area contributed by atoms with Crippen LogP contribution in [0.5, 0.6) is 0 Å². The fourth-order valence-corrected chi connectivity index (χ4v) is 3.57. The summed E-state index contributed by atoms with van der Waals surface area (Å²) in [7, 11) is -1.85. The monoisotopic (exact) mass is 298 g/mol. The molecule has 0 unspecified atom stereocenters. The minimum Gasteiger partial charge on any atom is -0.469 e. The summed E-state index contributed by atoms with van der Waals surface area (Å²) < 4.78 is 29.5. The van der Waals surface area contributed by atoms with Crippen LogP contribution in [-0.4, -0.2) is 75.1 Å². The molecule has 0 aromatic carbocycles. The lowest BCUT2D eigenvalue weighted by molar-refractivity contribution is -0.141. The van der Waals surface area contributed by atoms with Crippen molar-refractivity contribution in [2.75, 3.05) is 51.5 Å². The van der Waals surface area contributed by atoms with Crippen LogP contribution in [-0.2, 0) is 19.6 Å². The summed E-state index contributed by atoms with van der Waals surface area (Å²) >= 11 is 5.47. The van der Waals surface area contributed by atoms with Crippen molar-refractivity contribution in [3.8, 4) is 0 Å². The Hall–Kier alpha value is -0.370. The molecule has 0 aromatic rings. The van der Waals surface area contributed by atoms with Gasteiger partial charge in [0.15, 0.2) is 0 Å². The molecule has 0 amide bonds. The lowest BCUT2D eigenvalue weighted by Crippen LogP contribution is -2.49. The van der Waals surface area contributed by atoms with E-state index < -0.39 is 10.0 Å². The first-order chi connectivity index (χ1) is 8.49. The Kier molecular flexibility index (Phi) is 6.34. The second-order valence-corrected chi connectivity index (χ2v) is 6.54. The molecule has 6 nitrogen and oxygen atoms in total. The molecule has 1 aliphatic rings. The number of alkyl halides is 1. The number of piperazine rings is 1. The van der Waals surface area contributed by atoms with Crippen LogP contribution in [0, 0.1) is 0 Å². The number of hydrogen-bond acceptors (Lipinski definition) is 5. The molecule has 8 heteroatoms. The standard InChI is InChI=1S/C10H19ClN2O4S/c1-17-10(14)2-4-12-5-7-13(8-6-12)18(15,16)9-3-11/h2-9H2,1H3. The van der Waals surface area contributed by atoms with Gasteiger partial charge in [0, 0.05) is 38.6 Å². The number of carbonyl (C=O) groups is 1. The summed E-state index contributed by atoms with van der Waals surface area (Å²) in [6, 6.07) is 0. The van der Waals surface area contributed by atoms with Crippen molar-refractivity contribution in [3.63, 3.8) is 0 Å². The quantitative estimate of drug-likeness (QED) is 0.499. The maximum atomic E-state index is 11.8. The van der Waals surface area contributed by atoms with E-state index in [0.717, 1.165) is 0 Å². The minimum atomic E-state index is -3.21. The molecule has 0 spiro atoms. The average molecular weight is 299 g/mol. The van der Waals surface area contributed by atoms with Crippen molar-refractivity contribution in [2.24, 2.45) is 0 Å². The normalized spacial score (nSPS) is 18.8. The number of sulfonamides is 1. The number of esters is 1. The van der Waals surface area contributed by atoms with Crippen LogP contribution in [0.15, 0.2) is 0 Å². The highest BCUT2D eigenvalue weighted by Gasteiger charge is 2.26. The summed E-state index contributed by atoms with van der Waals surface area (Å²) in [5.41, 5.74) is 0. The maximum Gasteiger partial charge on any atom is 0.306 e. The van der Waals surface area contributed by atoms with Gasteiger partial charge in [-0.2, -0.15) is 4.31 Å². The van der Waals surface area contributed by atoms with Gasteiger partial charge in [-0.25, -0.2) is 8.42 Å². The van der Waals surface area contributed by atoms with Crippen LogP contribution in [0.4, 0.5) is 0 Å². The summed E-state index contributed by atoms with van der Waals surface area (Å²) in [4.78, 5) is 13.1. The van der Waals surface area contributed by atoms with Crippen molar-refractivity contribution in [1.82, 2.24) is 9.21 Å². The van der Waals surface area contributed by atoms with Gasteiger partial charge in [-0.05, 0) is 0 Å². The predicted octanol–water partition coefficient (Wildman–Crippen LogP) is -0.264. The molecular formula is C10H19ClN2O4S. The second-order valence-electron chi connectivity index (χ2n) is 4.07. The summed E-state index contributed by atoms with van der Waals surface area (Å²) in [6.07, 6.45) is 0.338. The Morgan fingerprint density at radius 2 is 1.89 bits per heavy atom. The third-order valence-corrected chi connectivity index (χ3v) is 5.20. The van der Waals surface area contributed by atoms with E-state index in [2.05, 4.69) is 9.64 Å². The van der Waals surface area contributed by atoms with Crippen molar-refractivity contribution in [1.29, 1.82) is 0 Å². The van der Waals surface area contributed by atoms with Crippen LogP contribution in [0.3, 0.4) is 0 Å². The van der Waals surface area contributed by atoms with Crippen molar-refractivity contribution < 1.29 is 17.9 Å². The summed E-state index contributed by atoms with van der Waals surface area (Å²) in [5, 5.41) is 0. The topological polar surface area (TPSA) is 66.9 Å². The molecule has 0 bridgehead atoms. The van der Waals surface area contributed by atoms with Gasteiger partial charge in [-0.1, -0.05) is 0 Å². The average Bonchev–Trinajstić information content (AvgIpc) is 2.36. The lowest BCUT2D eigenvalue weighted by atomic mass is 10.3. The second kappa shape index (κ2) is 7.28. The lowest BCUT2D eigenvalue weighted by Gasteiger charge is -2.33. The van der Waals surface area contributed by atoms with E-state index in [1.165, 1.54) is 11.4 Å². The van der Waals surface area contributed by atoms with Gasteiger partial charge in [0.2, 0.25) is 10.0 Å². The molecule has 0 N–H and O–H groups in total. The Morgan fingerprint density at radius 1 is 1.28 bits per heavy atom. The highest BCUT2D eigenvalue weighted by Crippen LogP contribution is 2.09. The number of hydrogen-bond donors (Lipinski definition) is 0. The zero-order valence-corrected chi connectivity index (χ0v) is 12.0.